The highest BCUT2D eigenvalue weighted by atomic mass is 19.2. The number of nitrogens with one attached hydrogen (secondary N) is 1. The topological polar surface area (TPSA) is 112 Å². The Morgan fingerprint density at radius 3 is 2.30 bits per heavy atom. The van der Waals surface area contributed by atoms with Gasteiger partial charge in [-0.15, -0.1) is 0 Å². The van der Waals surface area contributed by atoms with Crippen LogP contribution in [-0.4, -0.2) is 27.2 Å². The number of rotatable bonds is 8. The van der Waals surface area contributed by atoms with E-state index in [0.29, 0.717) is 5.69 Å². The van der Waals surface area contributed by atoms with Crippen molar-refractivity contribution in [3.63, 3.8) is 0 Å². The zero-order valence-corrected chi connectivity index (χ0v) is 17.0. The van der Waals surface area contributed by atoms with Crippen LogP contribution in [0.2, 0.25) is 0 Å². The maximum absolute atomic E-state index is 13.6. The van der Waals surface area contributed by atoms with Crippen LogP contribution in [0.25, 0.3) is 0 Å². The second kappa shape index (κ2) is 9.26. The molecule has 0 spiro atoms. The van der Waals surface area contributed by atoms with Crippen LogP contribution in [-0.2, 0) is 13.2 Å². The number of halogens is 5. The highest BCUT2D eigenvalue weighted by Gasteiger charge is 2.27. The molecule has 0 aliphatic heterocycles. The number of ether oxygens (including phenoxy) is 1. The molecule has 33 heavy (non-hydrogen) atoms. The molecule has 0 bridgehead atoms. The number of carbonyl (C=O) groups is 1. The summed E-state index contributed by atoms with van der Waals surface area (Å²) in [4.78, 5) is 22.6. The smallest absolute Gasteiger partial charge is 0.312 e. The molecule has 3 aromatic rings. The Kier molecular flexibility index (Phi) is 6.65. The zero-order chi connectivity index (χ0) is 24.4. The van der Waals surface area contributed by atoms with Gasteiger partial charge < -0.3 is 14.5 Å². The number of hydrogen-bond donors (Lipinski definition) is 1. The summed E-state index contributed by atoms with van der Waals surface area (Å²) in [5.41, 5.74) is 0.427. The molecule has 0 saturated heterocycles. The zero-order valence-electron chi connectivity index (χ0n) is 17.0. The molecule has 0 saturated carbocycles. The van der Waals surface area contributed by atoms with Crippen molar-refractivity contribution in [3.05, 3.63) is 74.2 Å². The molecule has 0 aliphatic rings. The monoisotopic (exact) mass is 474 g/mol. The average molecular weight is 474 g/mol. The highest BCUT2D eigenvalue weighted by molar-refractivity contribution is 5.91. The van der Waals surface area contributed by atoms with Crippen LogP contribution >= 0.6 is 0 Å². The molecule has 1 aromatic carbocycles. The Hall–Kier alpha value is -3.97. The Bertz CT molecular complexity index is 1210. The summed E-state index contributed by atoms with van der Waals surface area (Å²) in [5.74, 6) is -13.4. The summed E-state index contributed by atoms with van der Waals surface area (Å²) in [5, 5.41) is 17.5. The van der Waals surface area contributed by atoms with Crippen LogP contribution in [0, 0.1) is 53.0 Å². The Labute approximate surface area is 181 Å². The number of furan rings is 1. The lowest BCUT2D eigenvalue weighted by molar-refractivity contribution is -0.386. The van der Waals surface area contributed by atoms with Crippen molar-refractivity contribution in [1.29, 1.82) is 0 Å². The summed E-state index contributed by atoms with van der Waals surface area (Å²) in [6.45, 7) is 2.45. The van der Waals surface area contributed by atoms with Gasteiger partial charge in [0, 0.05) is 6.54 Å². The van der Waals surface area contributed by atoms with Crippen molar-refractivity contribution in [3.8, 4) is 5.75 Å². The summed E-state index contributed by atoms with van der Waals surface area (Å²) < 4.78 is 77.9. The molecule has 1 amide bonds. The third-order valence-corrected chi connectivity index (χ3v) is 4.55. The molecule has 9 nitrogen and oxygen atoms in total. The van der Waals surface area contributed by atoms with Crippen LogP contribution in [0.1, 0.15) is 27.7 Å². The van der Waals surface area contributed by atoms with Crippen molar-refractivity contribution < 1.29 is 40.8 Å². The third-order valence-electron chi connectivity index (χ3n) is 4.55. The number of aromatic nitrogens is 2. The summed E-state index contributed by atoms with van der Waals surface area (Å²) in [6.07, 6.45) is 0. The third kappa shape index (κ3) is 4.63. The molecule has 176 valence electrons. The fourth-order valence-electron chi connectivity index (χ4n) is 2.96. The van der Waals surface area contributed by atoms with E-state index < -0.39 is 52.3 Å². The number of amides is 1. The van der Waals surface area contributed by atoms with E-state index in [0.717, 1.165) is 0 Å². The largest absolute Gasteiger partial charge is 0.479 e. The van der Waals surface area contributed by atoms with Gasteiger partial charge in [-0.2, -0.15) is 13.9 Å². The van der Waals surface area contributed by atoms with Gasteiger partial charge >= 0.3 is 5.69 Å². The van der Waals surface area contributed by atoms with Gasteiger partial charge in [-0.25, -0.2) is 13.2 Å². The number of nitro groups is 1. The van der Waals surface area contributed by atoms with Crippen molar-refractivity contribution in [2.75, 3.05) is 6.54 Å². The van der Waals surface area contributed by atoms with Crippen LogP contribution in [0.3, 0.4) is 0 Å². The summed E-state index contributed by atoms with van der Waals surface area (Å²) in [7, 11) is 0. The molecule has 14 heteroatoms. The predicted octanol–water partition coefficient (Wildman–Crippen LogP) is 3.71. The second-order valence-electron chi connectivity index (χ2n) is 6.71. The Morgan fingerprint density at radius 1 is 1.12 bits per heavy atom. The van der Waals surface area contributed by atoms with Gasteiger partial charge in [0.05, 0.1) is 11.5 Å². The fourth-order valence-corrected chi connectivity index (χ4v) is 2.96. The van der Waals surface area contributed by atoms with Gasteiger partial charge in [0.15, 0.2) is 11.5 Å². The van der Waals surface area contributed by atoms with E-state index in [1.807, 2.05) is 0 Å². The Morgan fingerprint density at radius 2 is 1.73 bits per heavy atom. The summed E-state index contributed by atoms with van der Waals surface area (Å²) in [6, 6.07) is 2.42. The number of carbonyl (C=O) groups excluding carboxylic acids is 1. The van der Waals surface area contributed by atoms with Gasteiger partial charge in [-0.1, -0.05) is 0 Å². The van der Waals surface area contributed by atoms with Gasteiger partial charge in [0.2, 0.25) is 29.1 Å². The maximum Gasteiger partial charge on any atom is 0.312 e. The molecule has 1 N–H and O–H groups in total. The van der Waals surface area contributed by atoms with Gasteiger partial charge in [0.1, 0.15) is 23.8 Å². The van der Waals surface area contributed by atoms with Crippen LogP contribution < -0.4 is 10.1 Å². The minimum atomic E-state index is -2.32. The van der Waals surface area contributed by atoms with Crippen molar-refractivity contribution in [1.82, 2.24) is 15.1 Å². The van der Waals surface area contributed by atoms with Gasteiger partial charge in [-0.3, -0.25) is 19.6 Å². The maximum atomic E-state index is 13.6. The molecule has 0 aliphatic carbocycles. The quantitative estimate of drug-likeness (QED) is 0.175. The van der Waals surface area contributed by atoms with Crippen molar-refractivity contribution >= 4 is 11.6 Å². The van der Waals surface area contributed by atoms with E-state index in [9.17, 15) is 36.9 Å². The standard InChI is InChI=1S/C19H15F5N4O5/c1-8-17(28(30)31)9(2)27(26-8)6-5-25-19(29)11-4-3-10(33-11)7-32-18-15(23)13(21)12(20)14(22)16(18)24/h3-4H,5-7H2,1-2H3,(H,25,29). The van der Waals surface area contributed by atoms with Gasteiger partial charge in [0.25, 0.3) is 5.91 Å². The predicted molar refractivity (Wildman–Crippen MR) is 100.0 cm³/mol. The number of benzene rings is 1. The molecule has 2 heterocycles. The second-order valence-corrected chi connectivity index (χ2v) is 6.71. The lowest BCUT2D eigenvalue weighted by Gasteiger charge is -2.09. The van der Waals surface area contributed by atoms with E-state index in [-0.39, 0.29) is 36.0 Å². The highest BCUT2D eigenvalue weighted by Crippen LogP contribution is 2.30. The van der Waals surface area contributed by atoms with Crippen LogP contribution in [0.4, 0.5) is 27.6 Å². The Balaban J connectivity index is 1.59. The van der Waals surface area contributed by atoms with E-state index in [1.54, 1.807) is 0 Å². The first-order chi connectivity index (χ1) is 15.5. The van der Waals surface area contributed by atoms with Crippen molar-refractivity contribution in [2.45, 2.75) is 27.0 Å². The first kappa shape index (κ1) is 23.7. The number of aryl methyl sites for hydroxylation is 1. The first-order valence-electron chi connectivity index (χ1n) is 9.22. The molecule has 0 fully saturated rings. The normalized spacial score (nSPS) is 11.0. The summed E-state index contributed by atoms with van der Waals surface area (Å²) >= 11 is 0. The lowest BCUT2D eigenvalue weighted by atomic mass is 10.2. The molecule has 3 rings (SSSR count). The molecule has 0 radical (unpaired) electrons. The van der Waals surface area contributed by atoms with E-state index in [4.69, 9.17) is 4.42 Å². The minimum Gasteiger partial charge on any atom is -0.479 e. The molecular formula is C19H15F5N4O5. The minimum absolute atomic E-state index is 0.0367. The van der Waals surface area contributed by atoms with Crippen LogP contribution in [0.5, 0.6) is 5.75 Å². The first-order valence-corrected chi connectivity index (χ1v) is 9.22. The van der Waals surface area contributed by atoms with Crippen LogP contribution in [0.15, 0.2) is 16.5 Å². The van der Waals surface area contributed by atoms with E-state index in [2.05, 4.69) is 15.2 Å². The van der Waals surface area contributed by atoms with E-state index >= 15 is 0 Å². The molecule has 0 atom stereocenters. The fraction of sp³-hybridized carbons (Fsp3) is 0.263. The lowest BCUT2D eigenvalue weighted by Crippen LogP contribution is -2.27. The van der Waals surface area contributed by atoms with Crippen molar-refractivity contribution in [2.24, 2.45) is 0 Å². The molecule has 0 unspecified atom stereocenters. The molecule has 2 aromatic heterocycles. The van der Waals surface area contributed by atoms with Gasteiger partial charge in [-0.05, 0) is 26.0 Å². The SMILES string of the molecule is Cc1nn(CCNC(=O)c2ccc(COc3c(F)c(F)c(F)c(F)c3F)o2)c(C)c1[N+](=O)[O-]. The van der Waals surface area contributed by atoms with E-state index in [1.165, 1.54) is 30.7 Å². The average Bonchev–Trinajstić information content (AvgIpc) is 3.35. The number of nitrogens with zero attached hydrogens (tertiary/aromatic N) is 3. The number of hydrogen-bond acceptors (Lipinski definition) is 6. The molecular weight excluding hydrogens is 459 g/mol.